The maximum Gasteiger partial charge on any atom is 0.280 e. The Morgan fingerprint density at radius 1 is 1.45 bits per heavy atom. The number of nitrogens with zero attached hydrogens (tertiary/aromatic N) is 4. The monoisotopic (exact) mass is 311 g/mol. The van der Waals surface area contributed by atoms with Crippen LogP contribution < -0.4 is 21.1 Å². The lowest BCUT2D eigenvalue weighted by atomic mass is 10.4. The molecule has 0 unspecified atom stereocenters. The van der Waals surface area contributed by atoms with E-state index in [1.165, 1.54) is 4.57 Å². The van der Waals surface area contributed by atoms with Gasteiger partial charge in [-0.25, -0.2) is 0 Å². The van der Waals surface area contributed by atoms with E-state index in [4.69, 9.17) is 20.7 Å². The molecule has 1 aromatic rings. The van der Waals surface area contributed by atoms with E-state index in [2.05, 4.69) is 11.6 Å². The van der Waals surface area contributed by atoms with Crippen molar-refractivity contribution in [2.24, 2.45) is 7.05 Å². The Hall–Kier alpha value is -2.10. The lowest BCUT2D eigenvalue weighted by Gasteiger charge is -2.22. The van der Waals surface area contributed by atoms with Crippen molar-refractivity contribution >= 4 is 17.5 Å². The third kappa shape index (κ3) is 2.91. The first kappa shape index (κ1) is 16.3. The van der Waals surface area contributed by atoms with Gasteiger partial charge in [0.05, 0.1) is 19.9 Å². The molecule has 0 fully saturated rings. The highest BCUT2D eigenvalue weighted by molar-refractivity contribution is 5.72. The summed E-state index contributed by atoms with van der Waals surface area (Å²) in [7, 11) is 1.56. The molecule has 122 valence electrons. The number of hydrogen-bond donors (Lipinski definition) is 3. The molecule has 0 atom stereocenters. The molecular formula is C13H21N5O4. The van der Waals surface area contributed by atoms with Crippen LogP contribution in [-0.4, -0.2) is 59.0 Å². The molecule has 0 radical (unpaired) electrons. The van der Waals surface area contributed by atoms with E-state index >= 15 is 0 Å². The first-order valence-corrected chi connectivity index (χ1v) is 6.84. The van der Waals surface area contributed by atoms with Crippen molar-refractivity contribution in [1.29, 1.82) is 0 Å². The van der Waals surface area contributed by atoms with Gasteiger partial charge < -0.3 is 30.5 Å². The zero-order chi connectivity index (χ0) is 16.3. The third-order valence-electron chi connectivity index (χ3n) is 3.46. The molecule has 4 N–H and O–H groups in total. The second-order valence-electron chi connectivity index (χ2n) is 4.98. The first-order chi connectivity index (χ1) is 10.5. The van der Waals surface area contributed by atoms with Crippen LogP contribution in [0, 0.1) is 0 Å². The molecule has 22 heavy (non-hydrogen) atoms. The average molecular weight is 311 g/mol. The van der Waals surface area contributed by atoms with Crippen LogP contribution in [0.4, 0.5) is 17.5 Å². The number of nitrogens with two attached hydrogens (primary N) is 1. The molecule has 0 aromatic carbocycles. The van der Waals surface area contributed by atoms with E-state index < -0.39 is 6.10 Å². The largest absolute Gasteiger partial charge is 0.394 e. The summed E-state index contributed by atoms with van der Waals surface area (Å²) < 4.78 is 6.68. The highest BCUT2D eigenvalue weighted by Crippen LogP contribution is 2.31. The summed E-state index contributed by atoms with van der Waals surface area (Å²) >= 11 is 0. The summed E-state index contributed by atoms with van der Waals surface area (Å²) in [6.45, 7) is 4.04. The van der Waals surface area contributed by atoms with Crippen molar-refractivity contribution in [2.45, 2.75) is 6.10 Å². The van der Waals surface area contributed by atoms with Gasteiger partial charge in [-0.05, 0) is 0 Å². The van der Waals surface area contributed by atoms with Gasteiger partial charge in [-0.2, -0.15) is 4.98 Å². The molecule has 9 heteroatoms. The molecule has 0 spiro atoms. The molecular weight excluding hydrogens is 290 g/mol. The fourth-order valence-corrected chi connectivity index (χ4v) is 2.20. The minimum absolute atomic E-state index is 0.0754. The molecule has 0 aliphatic carbocycles. The highest BCUT2D eigenvalue weighted by atomic mass is 16.5. The lowest BCUT2D eigenvalue weighted by Crippen LogP contribution is -2.36. The Morgan fingerprint density at radius 2 is 2.14 bits per heavy atom. The van der Waals surface area contributed by atoms with Crippen LogP contribution in [0.15, 0.2) is 17.4 Å². The minimum atomic E-state index is -0.680. The Bertz CT molecular complexity index is 599. The number of anilines is 3. The molecule has 2 heterocycles. The Kier molecular flexibility index (Phi) is 5.01. The van der Waals surface area contributed by atoms with Gasteiger partial charge in [0.2, 0.25) is 5.95 Å². The zero-order valence-corrected chi connectivity index (χ0v) is 12.5. The smallest absolute Gasteiger partial charge is 0.280 e. The van der Waals surface area contributed by atoms with Gasteiger partial charge in [0.15, 0.2) is 5.82 Å². The van der Waals surface area contributed by atoms with Crippen LogP contribution in [0.1, 0.15) is 0 Å². The van der Waals surface area contributed by atoms with Gasteiger partial charge in [-0.15, -0.1) is 6.58 Å². The van der Waals surface area contributed by atoms with Crippen molar-refractivity contribution in [3.05, 3.63) is 23.0 Å². The molecule has 1 aromatic heterocycles. The van der Waals surface area contributed by atoms with E-state index in [0.29, 0.717) is 24.7 Å². The summed E-state index contributed by atoms with van der Waals surface area (Å²) in [6.07, 6.45) is 1.01. The number of aromatic nitrogens is 2. The average Bonchev–Trinajstić information content (AvgIpc) is 2.84. The maximum atomic E-state index is 12.4. The van der Waals surface area contributed by atoms with E-state index in [9.17, 15) is 4.79 Å². The van der Waals surface area contributed by atoms with Gasteiger partial charge in [-0.1, -0.05) is 6.08 Å². The Balaban J connectivity index is 2.30. The predicted molar refractivity (Wildman–Crippen MR) is 82.7 cm³/mol. The van der Waals surface area contributed by atoms with E-state index in [1.807, 2.05) is 4.90 Å². The van der Waals surface area contributed by atoms with Gasteiger partial charge in [0.25, 0.3) is 5.56 Å². The van der Waals surface area contributed by atoms with Crippen molar-refractivity contribution in [3.63, 3.8) is 0 Å². The molecule has 0 bridgehead atoms. The maximum absolute atomic E-state index is 12.4. The van der Waals surface area contributed by atoms with E-state index in [0.717, 1.165) is 0 Å². The lowest BCUT2D eigenvalue weighted by molar-refractivity contribution is -0.0188. The summed E-state index contributed by atoms with van der Waals surface area (Å²) in [5.41, 5.74) is 5.94. The van der Waals surface area contributed by atoms with Crippen LogP contribution in [0.3, 0.4) is 0 Å². The fraction of sp³-hybridized carbons (Fsp3) is 0.538. The Labute approximate surface area is 127 Å². The second-order valence-corrected chi connectivity index (χ2v) is 4.98. The third-order valence-corrected chi connectivity index (χ3v) is 3.46. The number of rotatable bonds is 7. The van der Waals surface area contributed by atoms with E-state index in [1.54, 1.807) is 18.0 Å². The molecule has 0 saturated heterocycles. The zero-order valence-electron chi connectivity index (χ0n) is 12.5. The van der Waals surface area contributed by atoms with Gasteiger partial charge in [0, 0.05) is 13.6 Å². The molecule has 0 saturated carbocycles. The summed E-state index contributed by atoms with van der Waals surface area (Å²) in [5.74, 6) is 0.534. The Morgan fingerprint density at radius 3 is 2.73 bits per heavy atom. The summed E-state index contributed by atoms with van der Waals surface area (Å²) in [5, 5.41) is 18.1. The van der Waals surface area contributed by atoms with Crippen molar-refractivity contribution in [2.75, 3.05) is 48.7 Å². The molecule has 1 aliphatic heterocycles. The standard InChI is InChI=1S/C13H21N5O4/c1-3-4-17-7-18(8-22-9(5-19)6-20)11-10(17)12(21)16(2)13(14)15-11/h3,9,19-20H,1,4-8H2,2H3,(H2,14,15). The topological polar surface area (TPSA) is 117 Å². The number of aliphatic hydroxyl groups is 2. The van der Waals surface area contributed by atoms with Crippen molar-refractivity contribution in [3.8, 4) is 0 Å². The quantitative estimate of drug-likeness (QED) is 0.519. The van der Waals surface area contributed by atoms with Crippen LogP contribution in [0.5, 0.6) is 0 Å². The number of nitrogen functional groups attached to an aromatic ring is 1. The van der Waals surface area contributed by atoms with Gasteiger partial charge >= 0.3 is 0 Å². The van der Waals surface area contributed by atoms with Gasteiger partial charge in [-0.3, -0.25) is 9.36 Å². The van der Waals surface area contributed by atoms with Crippen LogP contribution in [0.25, 0.3) is 0 Å². The normalized spacial score (nSPS) is 13.8. The van der Waals surface area contributed by atoms with Crippen LogP contribution in [-0.2, 0) is 11.8 Å². The molecule has 0 amide bonds. The summed E-state index contributed by atoms with van der Waals surface area (Å²) in [4.78, 5) is 20.2. The number of ether oxygens (including phenoxy) is 1. The SMILES string of the molecule is C=CCN1CN(COC(CO)CO)c2nc(N)n(C)c(=O)c21. The molecule has 1 aliphatic rings. The number of aliphatic hydroxyl groups excluding tert-OH is 2. The van der Waals surface area contributed by atoms with Gasteiger partial charge in [0.1, 0.15) is 18.5 Å². The summed E-state index contributed by atoms with van der Waals surface area (Å²) in [6, 6.07) is 0. The molecule has 9 nitrogen and oxygen atoms in total. The fourth-order valence-electron chi connectivity index (χ4n) is 2.20. The molecule has 2 rings (SSSR count). The van der Waals surface area contributed by atoms with Crippen molar-refractivity contribution < 1.29 is 14.9 Å². The van der Waals surface area contributed by atoms with Crippen molar-refractivity contribution in [1.82, 2.24) is 9.55 Å². The first-order valence-electron chi connectivity index (χ1n) is 6.84. The van der Waals surface area contributed by atoms with E-state index in [-0.39, 0.29) is 31.5 Å². The number of fused-ring (bicyclic) bond motifs is 1. The number of hydrogen-bond acceptors (Lipinski definition) is 8. The second kappa shape index (κ2) is 6.77. The van der Waals surface area contributed by atoms with Crippen LogP contribution in [0.2, 0.25) is 0 Å². The van der Waals surface area contributed by atoms with Crippen LogP contribution >= 0.6 is 0 Å². The highest BCUT2D eigenvalue weighted by Gasteiger charge is 2.31. The minimum Gasteiger partial charge on any atom is -0.394 e. The predicted octanol–water partition coefficient (Wildman–Crippen LogP) is -1.54.